The fourth-order valence-corrected chi connectivity index (χ4v) is 3.50. The van der Waals surface area contributed by atoms with Crippen LogP contribution in [0.2, 0.25) is 0 Å². The Morgan fingerprint density at radius 2 is 1.80 bits per heavy atom. The highest BCUT2D eigenvalue weighted by Crippen LogP contribution is 2.28. The number of carbonyl (C=O) groups is 1. The summed E-state index contributed by atoms with van der Waals surface area (Å²) in [5, 5.41) is 2.56. The van der Waals surface area contributed by atoms with Gasteiger partial charge in [0.2, 0.25) is 15.9 Å². The molecule has 0 aliphatic heterocycles. The Labute approximate surface area is 146 Å². The number of carbonyl (C=O) groups excluding carboxylic acids is 1. The summed E-state index contributed by atoms with van der Waals surface area (Å²) >= 11 is 0. The smallest absolute Gasteiger partial charge is 0.241 e. The van der Waals surface area contributed by atoms with Crippen LogP contribution in [0.4, 0.5) is 10.1 Å². The van der Waals surface area contributed by atoms with E-state index >= 15 is 0 Å². The van der Waals surface area contributed by atoms with Gasteiger partial charge in [0.1, 0.15) is 11.6 Å². The molecule has 0 unspecified atom stereocenters. The largest absolute Gasteiger partial charge is 0.495 e. The number of halogens is 1. The third kappa shape index (κ3) is 4.77. The van der Waals surface area contributed by atoms with Gasteiger partial charge < -0.3 is 10.1 Å². The predicted molar refractivity (Wildman–Crippen MR) is 92.4 cm³/mol. The van der Waals surface area contributed by atoms with Crippen molar-refractivity contribution in [2.24, 2.45) is 0 Å². The molecule has 2 aromatic rings. The highest BCUT2D eigenvalue weighted by Gasteiger charge is 2.20. The number of nitrogens with one attached hydrogen (secondary N) is 2. The molecule has 2 rings (SSSR count). The minimum Gasteiger partial charge on any atom is -0.495 e. The monoisotopic (exact) mass is 366 g/mol. The summed E-state index contributed by atoms with van der Waals surface area (Å²) in [6, 6.07) is 9.17. The lowest BCUT2D eigenvalue weighted by Gasteiger charge is -2.16. The van der Waals surface area contributed by atoms with Crippen molar-refractivity contribution in [3.8, 4) is 5.75 Å². The zero-order valence-electron chi connectivity index (χ0n) is 14.0. The topological polar surface area (TPSA) is 84.5 Å². The molecule has 0 saturated carbocycles. The number of hydrogen-bond donors (Lipinski definition) is 2. The van der Waals surface area contributed by atoms with Crippen LogP contribution in [0, 0.1) is 5.82 Å². The van der Waals surface area contributed by atoms with Crippen molar-refractivity contribution in [2.75, 3.05) is 12.4 Å². The zero-order chi connectivity index (χ0) is 18.6. The first-order valence-electron chi connectivity index (χ1n) is 7.46. The number of ether oxygens (including phenoxy) is 1. The third-order valence-corrected chi connectivity index (χ3v) is 5.03. The number of benzene rings is 2. The van der Waals surface area contributed by atoms with Gasteiger partial charge in [0.15, 0.2) is 0 Å². The molecule has 0 spiro atoms. The van der Waals surface area contributed by atoms with Gasteiger partial charge in [0.05, 0.1) is 17.7 Å². The summed E-state index contributed by atoms with van der Waals surface area (Å²) in [4.78, 5) is 11.2. The number of amides is 1. The number of anilines is 1. The molecule has 2 N–H and O–H groups in total. The number of rotatable bonds is 6. The lowest BCUT2D eigenvalue weighted by Crippen LogP contribution is -2.27. The molecule has 2 aromatic carbocycles. The van der Waals surface area contributed by atoms with Crippen LogP contribution in [0.15, 0.2) is 47.4 Å². The molecule has 6 nitrogen and oxygen atoms in total. The molecule has 1 amide bonds. The fraction of sp³-hybridized carbons (Fsp3) is 0.235. The van der Waals surface area contributed by atoms with Crippen molar-refractivity contribution in [3.05, 3.63) is 53.8 Å². The van der Waals surface area contributed by atoms with Crippen molar-refractivity contribution in [1.82, 2.24) is 4.72 Å². The van der Waals surface area contributed by atoms with Crippen LogP contribution in [-0.4, -0.2) is 21.4 Å². The first-order valence-corrected chi connectivity index (χ1v) is 8.94. The van der Waals surface area contributed by atoms with Gasteiger partial charge in [0, 0.05) is 19.0 Å². The summed E-state index contributed by atoms with van der Waals surface area (Å²) in [7, 11) is -2.45. The molecule has 25 heavy (non-hydrogen) atoms. The molecule has 0 saturated heterocycles. The number of hydrogen-bond acceptors (Lipinski definition) is 4. The van der Waals surface area contributed by atoms with Gasteiger partial charge in [0.25, 0.3) is 0 Å². The maximum absolute atomic E-state index is 13.0. The van der Waals surface area contributed by atoms with Crippen molar-refractivity contribution in [1.29, 1.82) is 0 Å². The van der Waals surface area contributed by atoms with Crippen molar-refractivity contribution < 1.29 is 22.3 Å². The maximum atomic E-state index is 13.0. The highest BCUT2D eigenvalue weighted by atomic mass is 32.2. The lowest BCUT2D eigenvalue weighted by atomic mass is 10.1. The lowest BCUT2D eigenvalue weighted by molar-refractivity contribution is -0.114. The Kier molecular flexibility index (Phi) is 5.76. The molecule has 134 valence electrons. The Morgan fingerprint density at radius 3 is 2.36 bits per heavy atom. The quantitative estimate of drug-likeness (QED) is 0.823. The Bertz CT molecular complexity index is 867. The van der Waals surface area contributed by atoms with Crippen LogP contribution in [0.3, 0.4) is 0 Å². The Balaban J connectivity index is 2.26. The van der Waals surface area contributed by atoms with E-state index in [4.69, 9.17) is 4.74 Å². The van der Waals surface area contributed by atoms with Gasteiger partial charge in [-0.2, -0.15) is 0 Å². The van der Waals surface area contributed by atoms with Gasteiger partial charge in [-0.1, -0.05) is 12.1 Å². The van der Waals surface area contributed by atoms with E-state index in [0.717, 1.165) is 0 Å². The standard InChI is InChI=1S/C17H19FN2O4S/c1-11(13-4-6-14(18)7-5-13)20-25(22,23)15-8-9-16(19-12(2)21)17(10-15)24-3/h4-11,20H,1-3H3,(H,19,21)/t11-/m0/s1. The van der Waals surface area contributed by atoms with E-state index in [-0.39, 0.29) is 16.6 Å². The molecule has 0 heterocycles. The van der Waals surface area contributed by atoms with Gasteiger partial charge in [-0.3, -0.25) is 4.79 Å². The van der Waals surface area contributed by atoms with E-state index in [1.807, 2.05) is 0 Å². The summed E-state index contributed by atoms with van der Waals surface area (Å²) in [6.45, 7) is 3.00. The molecule has 0 aliphatic carbocycles. The average Bonchev–Trinajstić information content (AvgIpc) is 2.54. The van der Waals surface area contributed by atoms with E-state index < -0.39 is 21.9 Å². The molecule has 0 aromatic heterocycles. The fourth-order valence-electron chi connectivity index (χ4n) is 2.25. The van der Waals surface area contributed by atoms with Crippen molar-refractivity contribution in [2.45, 2.75) is 24.8 Å². The SMILES string of the molecule is COc1cc(S(=O)(=O)N[C@@H](C)c2ccc(F)cc2)ccc1NC(C)=O. The molecule has 0 radical (unpaired) electrons. The summed E-state index contributed by atoms with van der Waals surface area (Å²) in [6.07, 6.45) is 0. The number of sulfonamides is 1. The van der Waals surface area contributed by atoms with Crippen molar-refractivity contribution in [3.63, 3.8) is 0 Å². The van der Waals surface area contributed by atoms with Crippen LogP contribution in [0.5, 0.6) is 5.75 Å². The van der Waals surface area contributed by atoms with Crippen LogP contribution in [0.1, 0.15) is 25.5 Å². The van der Waals surface area contributed by atoms with E-state index in [9.17, 15) is 17.6 Å². The Morgan fingerprint density at radius 1 is 1.16 bits per heavy atom. The van der Waals surface area contributed by atoms with Gasteiger partial charge in [-0.15, -0.1) is 0 Å². The van der Waals surface area contributed by atoms with Crippen LogP contribution in [0.25, 0.3) is 0 Å². The molecular formula is C17H19FN2O4S. The van der Waals surface area contributed by atoms with E-state index in [0.29, 0.717) is 11.3 Å². The number of methoxy groups -OCH3 is 1. The first kappa shape index (κ1) is 18.9. The van der Waals surface area contributed by atoms with Crippen LogP contribution < -0.4 is 14.8 Å². The summed E-state index contributed by atoms with van der Waals surface area (Å²) < 4.78 is 45.8. The summed E-state index contributed by atoms with van der Waals surface area (Å²) in [5.74, 6) is -0.457. The minimum absolute atomic E-state index is 0.00702. The Hall–Kier alpha value is -2.45. The van der Waals surface area contributed by atoms with E-state index in [2.05, 4.69) is 10.0 Å². The van der Waals surface area contributed by atoms with Crippen molar-refractivity contribution >= 4 is 21.6 Å². The molecule has 0 bridgehead atoms. The second-order valence-corrected chi connectivity index (χ2v) is 7.15. The van der Waals surface area contributed by atoms with Crippen LogP contribution in [-0.2, 0) is 14.8 Å². The highest BCUT2D eigenvalue weighted by molar-refractivity contribution is 7.89. The second kappa shape index (κ2) is 7.62. The molecule has 0 fully saturated rings. The molecule has 1 atom stereocenters. The third-order valence-electron chi connectivity index (χ3n) is 3.50. The predicted octanol–water partition coefficient (Wildman–Crippen LogP) is 2.83. The van der Waals surface area contributed by atoms with Gasteiger partial charge in [-0.25, -0.2) is 17.5 Å². The minimum atomic E-state index is -3.83. The first-order chi connectivity index (χ1) is 11.7. The summed E-state index contributed by atoms with van der Waals surface area (Å²) in [5.41, 5.74) is 1.01. The molecule has 8 heteroatoms. The van der Waals surface area contributed by atoms with Gasteiger partial charge >= 0.3 is 0 Å². The van der Waals surface area contributed by atoms with E-state index in [1.165, 1.54) is 56.5 Å². The maximum Gasteiger partial charge on any atom is 0.241 e. The molecule has 0 aliphatic rings. The second-order valence-electron chi connectivity index (χ2n) is 5.44. The van der Waals surface area contributed by atoms with E-state index in [1.54, 1.807) is 6.92 Å². The van der Waals surface area contributed by atoms with Crippen LogP contribution >= 0.6 is 0 Å². The van der Waals surface area contributed by atoms with Gasteiger partial charge in [-0.05, 0) is 36.8 Å². The normalized spacial score (nSPS) is 12.5. The molecular weight excluding hydrogens is 347 g/mol. The average molecular weight is 366 g/mol. The zero-order valence-corrected chi connectivity index (χ0v) is 14.9.